The van der Waals surface area contributed by atoms with Gasteiger partial charge in [-0.1, -0.05) is 38.1 Å². The van der Waals surface area contributed by atoms with E-state index in [0.29, 0.717) is 5.92 Å². The zero-order valence-corrected chi connectivity index (χ0v) is 9.20. The summed E-state index contributed by atoms with van der Waals surface area (Å²) in [5.74, 6) is 0.533. The van der Waals surface area contributed by atoms with Crippen molar-refractivity contribution in [1.82, 2.24) is 0 Å². The molecule has 1 atom stereocenters. The molecule has 0 aromatic carbocycles. The van der Waals surface area contributed by atoms with Crippen LogP contribution in [-0.4, -0.2) is 11.4 Å². The summed E-state index contributed by atoms with van der Waals surface area (Å²) in [6, 6.07) is 0. The molecule has 1 nitrogen and oxygen atoms in total. The molecular weight excluding hydrogens is 168 g/mol. The van der Waals surface area contributed by atoms with E-state index in [1.54, 1.807) is 0 Å². The average Bonchev–Trinajstić information content (AvgIpc) is 2.03. The topological polar surface area (TPSA) is 17.1 Å². The Labute approximate surface area is 79.6 Å². The number of thioether (sulfide) groups is 1. The van der Waals surface area contributed by atoms with Crippen molar-refractivity contribution in [2.45, 2.75) is 33.6 Å². The molecule has 0 radical (unpaired) electrons. The van der Waals surface area contributed by atoms with E-state index in [4.69, 9.17) is 0 Å². The van der Waals surface area contributed by atoms with Gasteiger partial charge in [-0.2, -0.15) is 0 Å². The van der Waals surface area contributed by atoms with Crippen molar-refractivity contribution in [2.75, 3.05) is 6.26 Å². The van der Waals surface area contributed by atoms with Crippen molar-refractivity contribution in [3.05, 3.63) is 11.6 Å². The van der Waals surface area contributed by atoms with Gasteiger partial charge >= 0.3 is 0 Å². The Morgan fingerprint density at radius 3 is 2.58 bits per heavy atom. The van der Waals surface area contributed by atoms with Gasteiger partial charge in [-0.25, -0.2) is 0 Å². The second-order valence-corrected chi connectivity index (χ2v) is 3.89. The third-order valence-corrected chi connectivity index (χ3v) is 2.48. The molecule has 0 aliphatic heterocycles. The Bertz CT molecular complexity index is 173. The minimum absolute atomic E-state index is 0.193. The number of hydrogen-bond donors (Lipinski definition) is 0. The molecule has 0 spiro atoms. The molecule has 1 unspecified atom stereocenters. The Hall–Kier alpha value is -0.240. The molecule has 70 valence electrons. The first-order chi connectivity index (χ1) is 5.61. The molecule has 0 aliphatic rings. The lowest BCUT2D eigenvalue weighted by atomic mass is 10.0. The molecule has 0 amide bonds. The Morgan fingerprint density at radius 1 is 1.58 bits per heavy atom. The third kappa shape index (κ3) is 4.60. The lowest BCUT2D eigenvalue weighted by molar-refractivity contribution is -0.107. The van der Waals surface area contributed by atoms with Gasteiger partial charge in [-0.3, -0.25) is 4.79 Å². The van der Waals surface area contributed by atoms with Gasteiger partial charge in [0.15, 0.2) is 0 Å². The first-order valence-electron chi connectivity index (χ1n) is 4.38. The van der Waals surface area contributed by atoms with Crippen LogP contribution in [0.4, 0.5) is 0 Å². The van der Waals surface area contributed by atoms with Crippen LogP contribution < -0.4 is 0 Å². The largest absolute Gasteiger partial charge is 0.282 e. The summed E-state index contributed by atoms with van der Waals surface area (Å²) in [4.78, 5) is 11.1. The van der Waals surface area contributed by atoms with Gasteiger partial charge in [0.25, 0.3) is 0 Å². The Kier molecular flexibility index (Phi) is 6.17. The zero-order valence-electron chi connectivity index (χ0n) is 8.39. The standard InChI is InChI=1S/C10H18OS/c1-5-6-8(2)7-9(3)10(11)12-4/h7-8H,5-6H2,1-4H3/b9-7+. The van der Waals surface area contributed by atoms with Crippen LogP contribution in [-0.2, 0) is 4.79 Å². The van der Waals surface area contributed by atoms with Gasteiger partial charge < -0.3 is 0 Å². The second kappa shape index (κ2) is 6.30. The molecule has 2 heteroatoms. The summed E-state index contributed by atoms with van der Waals surface area (Å²) < 4.78 is 0. The number of carbonyl (C=O) groups excluding carboxylic acids is 1. The summed E-state index contributed by atoms with van der Waals surface area (Å²) in [6.45, 7) is 6.21. The van der Waals surface area contributed by atoms with Crippen molar-refractivity contribution in [2.24, 2.45) is 5.92 Å². The fourth-order valence-corrected chi connectivity index (χ4v) is 1.58. The average molecular weight is 186 g/mol. The smallest absolute Gasteiger partial charge is 0.214 e. The molecule has 0 fully saturated rings. The van der Waals surface area contributed by atoms with E-state index in [1.165, 1.54) is 24.6 Å². The first kappa shape index (κ1) is 11.8. The van der Waals surface area contributed by atoms with Gasteiger partial charge in [0, 0.05) is 0 Å². The van der Waals surface area contributed by atoms with Gasteiger partial charge in [0.1, 0.15) is 0 Å². The summed E-state index contributed by atoms with van der Waals surface area (Å²) in [5, 5.41) is 0.193. The fourth-order valence-electron chi connectivity index (χ4n) is 1.19. The van der Waals surface area contributed by atoms with Crippen molar-refractivity contribution in [3.8, 4) is 0 Å². The van der Waals surface area contributed by atoms with Crippen molar-refractivity contribution >= 4 is 16.9 Å². The number of allylic oxidation sites excluding steroid dienone is 1. The highest BCUT2D eigenvalue weighted by molar-refractivity contribution is 8.13. The van der Waals surface area contributed by atoms with E-state index in [0.717, 1.165) is 5.57 Å². The van der Waals surface area contributed by atoms with Crippen LogP contribution in [0.1, 0.15) is 33.6 Å². The number of hydrogen-bond acceptors (Lipinski definition) is 2. The molecule has 0 bridgehead atoms. The molecule has 0 N–H and O–H groups in total. The Balaban J connectivity index is 4.05. The van der Waals surface area contributed by atoms with E-state index in [2.05, 4.69) is 19.9 Å². The predicted octanol–water partition coefficient (Wildman–Crippen LogP) is 3.26. The molecule has 0 aliphatic carbocycles. The van der Waals surface area contributed by atoms with E-state index in [-0.39, 0.29) is 5.12 Å². The monoisotopic (exact) mass is 186 g/mol. The van der Waals surface area contributed by atoms with Crippen molar-refractivity contribution in [1.29, 1.82) is 0 Å². The minimum atomic E-state index is 0.193. The van der Waals surface area contributed by atoms with E-state index < -0.39 is 0 Å². The SMILES string of the molecule is CCCC(C)/C=C(\C)C(=O)SC. The van der Waals surface area contributed by atoms with Crippen LogP contribution in [0.25, 0.3) is 0 Å². The minimum Gasteiger partial charge on any atom is -0.282 e. The zero-order chi connectivity index (χ0) is 9.56. The van der Waals surface area contributed by atoms with E-state index >= 15 is 0 Å². The maximum atomic E-state index is 11.1. The second-order valence-electron chi connectivity index (χ2n) is 3.11. The Morgan fingerprint density at radius 2 is 2.17 bits per heavy atom. The lowest BCUT2D eigenvalue weighted by Gasteiger charge is -2.04. The van der Waals surface area contributed by atoms with E-state index in [9.17, 15) is 4.79 Å². The molecule has 0 aromatic heterocycles. The van der Waals surface area contributed by atoms with E-state index in [1.807, 2.05) is 13.2 Å². The highest BCUT2D eigenvalue weighted by Crippen LogP contribution is 2.13. The van der Waals surface area contributed by atoms with Gasteiger partial charge in [-0.05, 0) is 31.1 Å². The number of rotatable bonds is 4. The van der Waals surface area contributed by atoms with Crippen LogP contribution in [0.5, 0.6) is 0 Å². The highest BCUT2D eigenvalue weighted by Gasteiger charge is 2.03. The van der Waals surface area contributed by atoms with Crippen molar-refractivity contribution in [3.63, 3.8) is 0 Å². The molecule has 0 saturated carbocycles. The third-order valence-electron chi connectivity index (χ3n) is 1.79. The molecule has 0 saturated heterocycles. The quantitative estimate of drug-likeness (QED) is 0.627. The summed E-state index contributed by atoms with van der Waals surface area (Å²) in [6.07, 6.45) is 6.24. The molecule has 0 heterocycles. The normalized spacial score (nSPS) is 14.5. The maximum Gasteiger partial charge on any atom is 0.214 e. The van der Waals surface area contributed by atoms with Crippen LogP contribution in [0, 0.1) is 5.92 Å². The van der Waals surface area contributed by atoms with Crippen LogP contribution in [0.3, 0.4) is 0 Å². The highest BCUT2D eigenvalue weighted by atomic mass is 32.2. The van der Waals surface area contributed by atoms with Crippen LogP contribution in [0.2, 0.25) is 0 Å². The fraction of sp³-hybridized carbons (Fsp3) is 0.700. The van der Waals surface area contributed by atoms with Gasteiger partial charge in [-0.15, -0.1) is 0 Å². The molecule has 0 rings (SSSR count). The van der Waals surface area contributed by atoms with Crippen molar-refractivity contribution < 1.29 is 4.79 Å². The molecule has 0 aromatic rings. The lowest BCUT2D eigenvalue weighted by Crippen LogP contribution is -1.96. The molecule has 12 heavy (non-hydrogen) atoms. The predicted molar refractivity (Wildman–Crippen MR) is 56.4 cm³/mol. The first-order valence-corrected chi connectivity index (χ1v) is 5.61. The molecular formula is C10H18OS. The van der Waals surface area contributed by atoms with Crippen LogP contribution >= 0.6 is 11.8 Å². The van der Waals surface area contributed by atoms with Crippen LogP contribution in [0.15, 0.2) is 11.6 Å². The van der Waals surface area contributed by atoms with Gasteiger partial charge in [0.2, 0.25) is 5.12 Å². The summed E-state index contributed by atoms with van der Waals surface area (Å²) >= 11 is 1.29. The summed E-state index contributed by atoms with van der Waals surface area (Å²) in [5.41, 5.74) is 0.892. The van der Waals surface area contributed by atoms with Gasteiger partial charge in [0.05, 0.1) is 0 Å². The summed E-state index contributed by atoms with van der Waals surface area (Å²) in [7, 11) is 0. The maximum absolute atomic E-state index is 11.1. The number of carbonyl (C=O) groups is 1.